The van der Waals surface area contributed by atoms with Crippen LogP contribution in [0.3, 0.4) is 0 Å². The number of barbiturate groups is 1. The van der Waals surface area contributed by atoms with Crippen LogP contribution in [-0.2, 0) is 14.4 Å². The summed E-state index contributed by atoms with van der Waals surface area (Å²) >= 11 is 0. The number of non-ortho nitro benzene ring substituents is 1. The SMILES string of the molecule is CC(=O)N1CCN(c2ccc([N+](=O)[O-])cc2/C=C2/C(=O)NC(=O)N(c3ccc(C)cc3)C2=O)CC1. The molecule has 0 aromatic heterocycles. The number of nitro benzene ring substituents is 1. The lowest BCUT2D eigenvalue weighted by molar-refractivity contribution is -0.384. The minimum atomic E-state index is -0.887. The number of carbonyl (C=O) groups excluding carboxylic acids is 4. The molecule has 35 heavy (non-hydrogen) atoms. The van der Waals surface area contributed by atoms with E-state index in [4.69, 9.17) is 0 Å². The van der Waals surface area contributed by atoms with E-state index < -0.39 is 22.8 Å². The van der Waals surface area contributed by atoms with Crippen molar-refractivity contribution in [3.8, 4) is 0 Å². The number of rotatable bonds is 4. The van der Waals surface area contributed by atoms with Crippen molar-refractivity contribution in [1.29, 1.82) is 0 Å². The third-order valence-electron chi connectivity index (χ3n) is 5.98. The lowest BCUT2D eigenvalue weighted by Gasteiger charge is -2.36. The molecule has 5 amide bonds. The Bertz CT molecular complexity index is 1260. The van der Waals surface area contributed by atoms with E-state index in [1.165, 1.54) is 25.1 Å². The van der Waals surface area contributed by atoms with Crippen LogP contribution < -0.4 is 15.1 Å². The van der Waals surface area contributed by atoms with Crippen LogP contribution in [-0.4, -0.2) is 59.8 Å². The van der Waals surface area contributed by atoms with Crippen molar-refractivity contribution in [3.05, 3.63) is 69.3 Å². The molecule has 0 atom stereocenters. The second-order valence-corrected chi connectivity index (χ2v) is 8.29. The predicted octanol–water partition coefficient (Wildman–Crippen LogP) is 2.24. The molecule has 1 N–H and O–H groups in total. The number of nitrogens with one attached hydrogen (secondary N) is 1. The lowest BCUT2D eigenvalue weighted by atomic mass is 10.0. The zero-order valence-corrected chi connectivity index (χ0v) is 19.2. The van der Waals surface area contributed by atoms with Gasteiger partial charge >= 0.3 is 6.03 Å². The summed E-state index contributed by atoms with van der Waals surface area (Å²) in [4.78, 5) is 65.3. The van der Waals surface area contributed by atoms with Gasteiger partial charge in [0.2, 0.25) is 5.91 Å². The minimum absolute atomic E-state index is 0.0407. The van der Waals surface area contributed by atoms with Crippen LogP contribution in [0.5, 0.6) is 0 Å². The molecule has 0 aliphatic carbocycles. The number of hydrogen-bond acceptors (Lipinski definition) is 7. The molecule has 0 unspecified atom stereocenters. The van der Waals surface area contributed by atoms with Gasteiger partial charge in [-0.15, -0.1) is 0 Å². The van der Waals surface area contributed by atoms with E-state index in [0.29, 0.717) is 31.9 Å². The first-order valence-corrected chi connectivity index (χ1v) is 10.9. The van der Waals surface area contributed by atoms with Crippen LogP contribution in [0.2, 0.25) is 0 Å². The number of anilines is 2. The van der Waals surface area contributed by atoms with Crippen LogP contribution in [0, 0.1) is 17.0 Å². The normalized spacial score (nSPS) is 17.6. The first kappa shape index (κ1) is 23.6. The van der Waals surface area contributed by atoms with Gasteiger partial charge in [-0.05, 0) is 31.2 Å². The van der Waals surface area contributed by atoms with Crippen molar-refractivity contribution >= 4 is 46.9 Å². The Kier molecular flexibility index (Phi) is 6.32. The Morgan fingerprint density at radius 2 is 1.69 bits per heavy atom. The van der Waals surface area contributed by atoms with Gasteiger partial charge in [0.25, 0.3) is 17.5 Å². The number of carbonyl (C=O) groups is 4. The highest BCUT2D eigenvalue weighted by Gasteiger charge is 2.37. The Balaban J connectivity index is 1.74. The molecule has 180 valence electrons. The van der Waals surface area contributed by atoms with Crippen LogP contribution in [0.15, 0.2) is 48.0 Å². The smallest absolute Gasteiger partial charge is 0.335 e. The van der Waals surface area contributed by atoms with Gasteiger partial charge in [0.05, 0.1) is 10.6 Å². The summed E-state index contributed by atoms with van der Waals surface area (Å²) in [7, 11) is 0. The molecule has 2 fully saturated rings. The zero-order valence-electron chi connectivity index (χ0n) is 19.2. The first-order chi connectivity index (χ1) is 16.7. The van der Waals surface area contributed by atoms with Gasteiger partial charge in [-0.25, -0.2) is 9.69 Å². The van der Waals surface area contributed by atoms with E-state index in [9.17, 15) is 29.3 Å². The third-order valence-corrected chi connectivity index (χ3v) is 5.98. The van der Waals surface area contributed by atoms with Crippen molar-refractivity contribution in [3.63, 3.8) is 0 Å². The summed E-state index contributed by atoms with van der Waals surface area (Å²) in [5.41, 5.74) is 1.54. The number of urea groups is 1. The summed E-state index contributed by atoms with van der Waals surface area (Å²) in [6, 6.07) is 9.96. The number of amides is 5. The third kappa shape index (κ3) is 4.74. The van der Waals surface area contributed by atoms with Crippen LogP contribution >= 0.6 is 0 Å². The van der Waals surface area contributed by atoms with E-state index >= 15 is 0 Å². The summed E-state index contributed by atoms with van der Waals surface area (Å²) in [6.45, 7) is 5.24. The van der Waals surface area contributed by atoms with Crippen molar-refractivity contribution in [2.45, 2.75) is 13.8 Å². The zero-order chi connectivity index (χ0) is 25.3. The first-order valence-electron chi connectivity index (χ1n) is 10.9. The molecular weight excluding hydrogens is 454 g/mol. The van der Waals surface area contributed by atoms with Crippen LogP contribution in [0.25, 0.3) is 6.08 Å². The molecule has 2 aromatic rings. The molecule has 4 rings (SSSR count). The Labute approximate surface area is 200 Å². The summed E-state index contributed by atoms with van der Waals surface area (Å²) in [5, 5.41) is 13.6. The average Bonchev–Trinajstić information content (AvgIpc) is 2.82. The Morgan fingerprint density at radius 3 is 2.29 bits per heavy atom. The molecule has 2 aromatic carbocycles. The van der Waals surface area contributed by atoms with Gasteiger partial charge in [0.1, 0.15) is 5.57 Å². The molecule has 2 aliphatic heterocycles. The van der Waals surface area contributed by atoms with Gasteiger partial charge in [-0.3, -0.25) is 29.8 Å². The number of piperazine rings is 1. The number of nitrogens with zero attached hydrogens (tertiary/aromatic N) is 4. The van der Waals surface area contributed by atoms with Gasteiger partial charge in [-0.1, -0.05) is 17.7 Å². The maximum atomic E-state index is 13.2. The fraction of sp³-hybridized carbons (Fsp3) is 0.250. The summed E-state index contributed by atoms with van der Waals surface area (Å²) in [5.74, 6) is -1.76. The maximum absolute atomic E-state index is 13.2. The molecule has 0 spiro atoms. The fourth-order valence-corrected chi connectivity index (χ4v) is 4.06. The maximum Gasteiger partial charge on any atom is 0.335 e. The van der Waals surface area contributed by atoms with E-state index in [0.717, 1.165) is 10.5 Å². The van der Waals surface area contributed by atoms with Gasteiger partial charge in [0.15, 0.2) is 0 Å². The molecule has 0 bridgehead atoms. The number of imide groups is 2. The van der Waals surface area contributed by atoms with Gasteiger partial charge < -0.3 is 9.80 Å². The van der Waals surface area contributed by atoms with Gasteiger partial charge in [-0.2, -0.15) is 0 Å². The number of hydrogen-bond donors (Lipinski definition) is 1. The van der Waals surface area contributed by atoms with E-state index in [1.54, 1.807) is 35.2 Å². The fourth-order valence-electron chi connectivity index (χ4n) is 4.06. The highest BCUT2D eigenvalue weighted by molar-refractivity contribution is 6.39. The van der Waals surface area contributed by atoms with Crippen molar-refractivity contribution in [2.75, 3.05) is 36.0 Å². The number of nitro groups is 1. The monoisotopic (exact) mass is 477 g/mol. The predicted molar refractivity (Wildman–Crippen MR) is 128 cm³/mol. The molecule has 0 radical (unpaired) electrons. The summed E-state index contributed by atoms with van der Waals surface area (Å²) in [6.07, 6.45) is 1.27. The lowest BCUT2D eigenvalue weighted by Crippen LogP contribution is -2.54. The molecule has 11 heteroatoms. The molecule has 2 aliphatic rings. The second kappa shape index (κ2) is 9.37. The highest BCUT2D eigenvalue weighted by atomic mass is 16.6. The summed E-state index contributed by atoms with van der Waals surface area (Å²) < 4.78 is 0. The molecule has 0 saturated carbocycles. The second-order valence-electron chi connectivity index (χ2n) is 8.29. The number of benzene rings is 2. The van der Waals surface area contributed by atoms with E-state index in [2.05, 4.69) is 5.32 Å². The van der Waals surface area contributed by atoms with Crippen LogP contribution in [0.1, 0.15) is 18.1 Å². The molecule has 2 heterocycles. The van der Waals surface area contributed by atoms with Crippen molar-refractivity contribution < 1.29 is 24.1 Å². The topological polar surface area (TPSA) is 133 Å². The standard InChI is InChI=1S/C24H23N5O6/c1-15-3-5-18(6-4-15)28-23(32)20(22(31)25-24(28)33)14-17-13-19(29(34)35)7-8-21(17)27-11-9-26(10-12-27)16(2)30/h3-8,13-14H,9-12H2,1-2H3,(H,25,31,33)/b20-14-. The highest BCUT2D eigenvalue weighted by Crippen LogP contribution is 2.30. The average molecular weight is 477 g/mol. The van der Waals surface area contributed by atoms with Crippen molar-refractivity contribution in [1.82, 2.24) is 10.2 Å². The van der Waals surface area contributed by atoms with E-state index in [-0.39, 0.29) is 28.4 Å². The van der Waals surface area contributed by atoms with E-state index in [1.807, 2.05) is 11.8 Å². The molecule has 2 saturated heterocycles. The largest absolute Gasteiger partial charge is 0.367 e. The Hall–Kier alpha value is -4.54. The number of aryl methyl sites for hydroxylation is 1. The quantitative estimate of drug-likeness (QED) is 0.309. The molecule has 11 nitrogen and oxygen atoms in total. The Morgan fingerprint density at radius 1 is 1.03 bits per heavy atom. The molecular formula is C24H23N5O6. The van der Waals surface area contributed by atoms with Gasteiger partial charge in [0, 0.05) is 56.5 Å². The van der Waals surface area contributed by atoms with Crippen LogP contribution in [0.4, 0.5) is 21.9 Å². The minimum Gasteiger partial charge on any atom is -0.367 e. The van der Waals surface area contributed by atoms with Crippen molar-refractivity contribution in [2.24, 2.45) is 0 Å².